The van der Waals surface area contributed by atoms with Crippen LogP contribution in [-0.4, -0.2) is 42.8 Å². The molecule has 0 amide bonds. The zero-order chi connectivity index (χ0) is 9.97. The monoisotopic (exact) mass is 200 g/mol. The molecule has 14 heavy (non-hydrogen) atoms. The third-order valence-corrected chi connectivity index (χ3v) is 3.74. The maximum atomic E-state index is 12.3. The molecule has 0 aromatic heterocycles. The van der Waals surface area contributed by atoms with E-state index >= 15 is 0 Å². The van der Waals surface area contributed by atoms with E-state index in [2.05, 4.69) is 17.1 Å². The third kappa shape index (κ3) is 2.09. The van der Waals surface area contributed by atoms with Crippen molar-refractivity contribution in [3.05, 3.63) is 0 Å². The van der Waals surface area contributed by atoms with Gasteiger partial charge in [-0.3, -0.25) is 4.90 Å². The number of alkyl halides is 1. The molecule has 0 aromatic carbocycles. The van der Waals surface area contributed by atoms with E-state index in [-0.39, 0.29) is 6.67 Å². The fourth-order valence-corrected chi connectivity index (χ4v) is 3.03. The molecule has 0 aromatic rings. The van der Waals surface area contributed by atoms with Gasteiger partial charge in [0.05, 0.1) is 0 Å². The second-order valence-corrected chi connectivity index (χ2v) is 4.58. The van der Waals surface area contributed by atoms with E-state index in [4.69, 9.17) is 0 Å². The molecule has 2 aliphatic rings. The molecule has 2 unspecified atom stereocenters. The minimum Gasteiger partial charge on any atom is -0.311 e. The van der Waals surface area contributed by atoms with Gasteiger partial charge in [-0.15, -0.1) is 0 Å². The number of nitrogens with one attached hydrogen (secondary N) is 1. The summed E-state index contributed by atoms with van der Waals surface area (Å²) >= 11 is 0. The van der Waals surface area contributed by atoms with E-state index in [0.717, 1.165) is 6.54 Å². The predicted molar refractivity (Wildman–Crippen MR) is 56.2 cm³/mol. The lowest BCUT2D eigenvalue weighted by atomic mass is 9.98. The summed E-state index contributed by atoms with van der Waals surface area (Å²) < 4.78 is 12.3. The Labute approximate surface area is 85.9 Å². The van der Waals surface area contributed by atoms with Gasteiger partial charge in [0.1, 0.15) is 6.67 Å². The van der Waals surface area contributed by atoms with Crippen molar-refractivity contribution in [2.75, 3.05) is 19.8 Å². The van der Waals surface area contributed by atoms with Gasteiger partial charge in [0.2, 0.25) is 0 Å². The molecule has 2 bridgehead atoms. The highest BCUT2D eigenvalue weighted by Crippen LogP contribution is 2.29. The Kier molecular flexibility index (Phi) is 3.39. The normalized spacial score (nSPS) is 36.6. The van der Waals surface area contributed by atoms with Crippen LogP contribution < -0.4 is 5.32 Å². The van der Waals surface area contributed by atoms with Gasteiger partial charge in [-0.25, -0.2) is 4.39 Å². The van der Waals surface area contributed by atoms with Gasteiger partial charge < -0.3 is 5.32 Å². The lowest BCUT2D eigenvalue weighted by molar-refractivity contribution is 0.138. The summed E-state index contributed by atoms with van der Waals surface area (Å²) in [6, 6.07) is 2.06. The molecule has 2 nitrogen and oxygen atoms in total. The van der Waals surface area contributed by atoms with Crippen LogP contribution in [0.15, 0.2) is 0 Å². The molecule has 1 N–H and O–H groups in total. The highest BCUT2D eigenvalue weighted by Gasteiger charge is 2.35. The Morgan fingerprint density at radius 1 is 1.29 bits per heavy atom. The van der Waals surface area contributed by atoms with E-state index in [1.807, 2.05) is 0 Å². The second kappa shape index (κ2) is 4.58. The average Bonchev–Trinajstić information content (AvgIpc) is 2.54. The quantitative estimate of drug-likeness (QED) is 0.741. The van der Waals surface area contributed by atoms with Crippen LogP contribution in [0.25, 0.3) is 0 Å². The van der Waals surface area contributed by atoms with Crippen LogP contribution in [0, 0.1) is 0 Å². The van der Waals surface area contributed by atoms with Crippen LogP contribution in [0.3, 0.4) is 0 Å². The van der Waals surface area contributed by atoms with E-state index < -0.39 is 0 Å². The van der Waals surface area contributed by atoms with Gasteiger partial charge in [0.25, 0.3) is 0 Å². The molecule has 0 saturated carbocycles. The molecule has 2 aliphatic heterocycles. The summed E-state index contributed by atoms with van der Waals surface area (Å²) in [5.41, 5.74) is 0. The minimum atomic E-state index is -0.201. The fourth-order valence-electron chi connectivity index (χ4n) is 3.03. The molecule has 3 heteroatoms. The zero-order valence-electron chi connectivity index (χ0n) is 9.01. The lowest BCUT2D eigenvalue weighted by Crippen LogP contribution is -2.48. The number of halogens is 1. The average molecular weight is 200 g/mol. The van der Waals surface area contributed by atoms with E-state index in [1.54, 1.807) is 0 Å². The highest BCUT2D eigenvalue weighted by molar-refractivity contribution is 4.95. The Hall–Kier alpha value is -0.150. The van der Waals surface area contributed by atoms with Crippen molar-refractivity contribution in [1.29, 1.82) is 0 Å². The third-order valence-electron chi connectivity index (χ3n) is 3.74. The first-order chi connectivity index (χ1) is 6.83. The molecule has 82 valence electrons. The molecule has 2 fully saturated rings. The first-order valence-electron chi connectivity index (χ1n) is 5.89. The molecule has 0 aliphatic carbocycles. The van der Waals surface area contributed by atoms with Crippen LogP contribution in [0.2, 0.25) is 0 Å². The van der Waals surface area contributed by atoms with Crippen molar-refractivity contribution in [2.24, 2.45) is 0 Å². The van der Waals surface area contributed by atoms with E-state index in [0.29, 0.717) is 24.7 Å². The number of nitrogens with zero attached hydrogens (tertiary/aromatic N) is 1. The van der Waals surface area contributed by atoms with Gasteiger partial charge in [-0.2, -0.15) is 0 Å². The smallest absolute Gasteiger partial charge is 0.102 e. The maximum Gasteiger partial charge on any atom is 0.102 e. The molecule has 2 saturated heterocycles. The minimum absolute atomic E-state index is 0.201. The molecule has 0 radical (unpaired) electrons. The number of hydrogen-bond donors (Lipinski definition) is 1. The summed E-state index contributed by atoms with van der Waals surface area (Å²) in [7, 11) is 0. The number of hydrogen-bond acceptors (Lipinski definition) is 2. The second-order valence-electron chi connectivity index (χ2n) is 4.58. The molecular weight excluding hydrogens is 179 g/mol. The first kappa shape index (κ1) is 10.4. The number of rotatable bonds is 4. The topological polar surface area (TPSA) is 15.3 Å². The Morgan fingerprint density at radius 2 is 1.93 bits per heavy atom. The zero-order valence-corrected chi connectivity index (χ0v) is 9.01. The first-order valence-corrected chi connectivity index (χ1v) is 5.89. The predicted octanol–water partition coefficient (Wildman–Crippen LogP) is 1.56. The summed E-state index contributed by atoms with van der Waals surface area (Å²) in [6.07, 6.45) is 5.11. The Balaban J connectivity index is 1.90. The largest absolute Gasteiger partial charge is 0.311 e. The summed E-state index contributed by atoms with van der Waals surface area (Å²) in [5.74, 6) is 0. The van der Waals surface area contributed by atoms with Crippen molar-refractivity contribution in [3.8, 4) is 0 Å². The summed E-state index contributed by atoms with van der Waals surface area (Å²) in [5, 5.41) is 3.62. The summed E-state index contributed by atoms with van der Waals surface area (Å²) in [6.45, 7) is 3.56. The SMILES string of the molecule is CCN(CCF)C1CC2CCC(C1)N2. The Bertz CT molecular complexity index is 174. The van der Waals surface area contributed by atoms with Crippen LogP contribution in [0.1, 0.15) is 32.6 Å². The van der Waals surface area contributed by atoms with Crippen molar-refractivity contribution >= 4 is 0 Å². The van der Waals surface area contributed by atoms with Crippen molar-refractivity contribution < 1.29 is 4.39 Å². The van der Waals surface area contributed by atoms with E-state index in [9.17, 15) is 4.39 Å². The molecular formula is C11H21FN2. The van der Waals surface area contributed by atoms with Crippen LogP contribution in [0.4, 0.5) is 4.39 Å². The van der Waals surface area contributed by atoms with Gasteiger partial charge in [0.15, 0.2) is 0 Å². The molecule has 0 spiro atoms. The lowest BCUT2D eigenvalue weighted by Gasteiger charge is -2.36. The van der Waals surface area contributed by atoms with Gasteiger partial charge in [-0.1, -0.05) is 6.92 Å². The van der Waals surface area contributed by atoms with Crippen molar-refractivity contribution in [1.82, 2.24) is 10.2 Å². The molecule has 2 heterocycles. The van der Waals surface area contributed by atoms with Crippen molar-refractivity contribution in [2.45, 2.75) is 50.7 Å². The number of fused-ring (bicyclic) bond motifs is 2. The van der Waals surface area contributed by atoms with Gasteiger partial charge in [0, 0.05) is 24.7 Å². The van der Waals surface area contributed by atoms with Crippen molar-refractivity contribution in [3.63, 3.8) is 0 Å². The Morgan fingerprint density at radius 3 is 2.43 bits per heavy atom. The van der Waals surface area contributed by atoms with Crippen LogP contribution in [-0.2, 0) is 0 Å². The van der Waals surface area contributed by atoms with Gasteiger partial charge >= 0.3 is 0 Å². The van der Waals surface area contributed by atoms with Crippen LogP contribution >= 0.6 is 0 Å². The number of piperidine rings is 1. The maximum absolute atomic E-state index is 12.3. The molecule has 2 rings (SSSR count). The fraction of sp³-hybridized carbons (Fsp3) is 1.00. The standard InChI is InChI=1S/C11H21FN2/c1-2-14(6-5-12)11-7-9-3-4-10(8-11)13-9/h9-11,13H,2-8H2,1H3. The highest BCUT2D eigenvalue weighted by atomic mass is 19.1. The molecule has 2 atom stereocenters. The van der Waals surface area contributed by atoms with Gasteiger partial charge in [-0.05, 0) is 32.2 Å². The summed E-state index contributed by atoms with van der Waals surface area (Å²) in [4.78, 5) is 2.31. The van der Waals surface area contributed by atoms with Crippen LogP contribution in [0.5, 0.6) is 0 Å². The van der Waals surface area contributed by atoms with E-state index in [1.165, 1.54) is 25.7 Å².